The zero-order valence-electron chi connectivity index (χ0n) is 17.0. The third-order valence-corrected chi connectivity index (χ3v) is 6.50. The Kier molecular flexibility index (Phi) is 4.00. The molecule has 1 saturated carbocycles. The second-order valence-corrected chi connectivity index (χ2v) is 8.64. The molecule has 0 unspecified atom stereocenters. The Labute approximate surface area is 179 Å². The van der Waals surface area contributed by atoms with Gasteiger partial charge in [0.25, 0.3) is 5.91 Å². The van der Waals surface area contributed by atoms with Gasteiger partial charge in [0.15, 0.2) is 0 Å². The van der Waals surface area contributed by atoms with Crippen molar-refractivity contribution in [1.29, 1.82) is 0 Å². The number of carbonyl (C=O) groups excluding carboxylic acids is 3. The number of fused-ring (bicyclic) bond motifs is 1. The van der Waals surface area contributed by atoms with Crippen LogP contribution in [0.25, 0.3) is 11.0 Å². The van der Waals surface area contributed by atoms with Gasteiger partial charge in [-0.2, -0.15) is 0 Å². The van der Waals surface area contributed by atoms with Crippen molar-refractivity contribution >= 4 is 34.4 Å². The molecule has 1 aromatic heterocycles. The number of hydrogen-bond donors (Lipinski definition) is 0. The Balaban J connectivity index is 1.19. The minimum atomic E-state index is -0.186. The lowest BCUT2D eigenvalue weighted by Gasteiger charge is -2.41. The number of imidazole rings is 1. The van der Waals surface area contributed by atoms with Gasteiger partial charge in [0, 0.05) is 37.4 Å². The number of carbonyl (C=O) groups is 3. The smallest absolute Gasteiger partial charge is 0.253 e. The number of likely N-dealkylation sites (tertiary alicyclic amines) is 1. The Hall–Kier alpha value is -3.48. The summed E-state index contributed by atoms with van der Waals surface area (Å²) < 4.78 is 2.34. The van der Waals surface area contributed by atoms with Crippen molar-refractivity contribution in [2.75, 3.05) is 18.0 Å². The van der Waals surface area contributed by atoms with E-state index >= 15 is 0 Å². The van der Waals surface area contributed by atoms with Gasteiger partial charge in [0.2, 0.25) is 11.8 Å². The van der Waals surface area contributed by atoms with Crippen molar-refractivity contribution in [2.24, 2.45) is 0 Å². The summed E-state index contributed by atoms with van der Waals surface area (Å²) in [6, 6.07) is 15.2. The first-order chi connectivity index (χ1) is 15.1. The molecule has 2 aromatic carbocycles. The summed E-state index contributed by atoms with van der Waals surface area (Å²) in [4.78, 5) is 44.7. The summed E-state index contributed by atoms with van der Waals surface area (Å²) in [5, 5.41) is 0. The van der Waals surface area contributed by atoms with Crippen LogP contribution in [0.1, 0.15) is 53.8 Å². The molecule has 6 rings (SSSR count). The lowest BCUT2D eigenvalue weighted by molar-refractivity contribution is -0.121. The van der Waals surface area contributed by atoms with E-state index in [1.165, 1.54) is 17.7 Å². The minimum Gasteiger partial charge on any atom is -0.334 e. The molecular formula is C24H22N4O3. The maximum atomic E-state index is 13.0. The number of imide groups is 1. The highest BCUT2D eigenvalue weighted by Crippen LogP contribution is 2.43. The van der Waals surface area contributed by atoms with E-state index in [1.807, 2.05) is 17.0 Å². The average Bonchev–Trinajstić information content (AvgIpc) is 3.45. The number of para-hydroxylation sites is 2. The molecule has 0 N–H and O–H groups in total. The molecule has 3 heterocycles. The number of amides is 3. The van der Waals surface area contributed by atoms with Crippen LogP contribution in [0.5, 0.6) is 0 Å². The molecule has 156 valence electrons. The number of nitrogens with zero attached hydrogens (tertiary/aromatic N) is 4. The van der Waals surface area contributed by atoms with Gasteiger partial charge < -0.3 is 9.47 Å². The first kappa shape index (κ1) is 18.3. The van der Waals surface area contributed by atoms with Crippen LogP contribution < -0.4 is 4.90 Å². The molecule has 2 aliphatic heterocycles. The van der Waals surface area contributed by atoms with Crippen LogP contribution in [0.3, 0.4) is 0 Å². The highest BCUT2D eigenvalue weighted by Gasteiger charge is 2.38. The molecule has 7 nitrogen and oxygen atoms in total. The highest BCUT2D eigenvalue weighted by atomic mass is 16.2. The predicted octanol–water partition coefficient (Wildman–Crippen LogP) is 3.26. The number of anilines is 1. The Morgan fingerprint density at radius 1 is 0.903 bits per heavy atom. The second-order valence-electron chi connectivity index (χ2n) is 8.64. The van der Waals surface area contributed by atoms with E-state index in [0.717, 1.165) is 16.9 Å². The van der Waals surface area contributed by atoms with E-state index in [4.69, 9.17) is 4.98 Å². The van der Waals surface area contributed by atoms with Crippen molar-refractivity contribution in [3.8, 4) is 0 Å². The van der Waals surface area contributed by atoms with Gasteiger partial charge >= 0.3 is 0 Å². The van der Waals surface area contributed by atoms with Crippen LogP contribution in [-0.2, 0) is 9.59 Å². The fraction of sp³-hybridized carbons (Fsp3) is 0.333. The van der Waals surface area contributed by atoms with Gasteiger partial charge in [-0.3, -0.25) is 19.3 Å². The maximum Gasteiger partial charge on any atom is 0.253 e. The van der Waals surface area contributed by atoms with Gasteiger partial charge in [-0.1, -0.05) is 12.1 Å². The Morgan fingerprint density at radius 2 is 1.58 bits per heavy atom. The molecule has 0 bridgehead atoms. The Bertz CT molecular complexity index is 1200. The largest absolute Gasteiger partial charge is 0.334 e. The predicted molar refractivity (Wildman–Crippen MR) is 115 cm³/mol. The first-order valence-electron chi connectivity index (χ1n) is 10.8. The summed E-state index contributed by atoms with van der Waals surface area (Å²) in [6.45, 7) is 1.31. The monoisotopic (exact) mass is 414 g/mol. The first-order valence-corrected chi connectivity index (χ1v) is 10.8. The number of benzene rings is 2. The molecule has 0 radical (unpaired) electrons. The maximum absolute atomic E-state index is 13.0. The zero-order chi connectivity index (χ0) is 21.1. The topological polar surface area (TPSA) is 75.5 Å². The molecule has 3 aromatic rings. The average molecular weight is 414 g/mol. The molecule has 3 aliphatic rings. The van der Waals surface area contributed by atoms with Crippen LogP contribution in [-0.4, -0.2) is 45.3 Å². The molecule has 3 amide bonds. The van der Waals surface area contributed by atoms with E-state index in [-0.39, 0.29) is 36.6 Å². The van der Waals surface area contributed by atoms with Gasteiger partial charge in [0.05, 0.1) is 22.8 Å². The van der Waals surface area contributed by atoms with Gasteiger partial charge in [0.1, 0.15) is 5.82 Å². The van der Waals surface area contributed by atoms with E-state index in [1.54, 1.807) is 24.3 Å². The van der Waals surface area contributed by atoms with Crippen LogP contribution in [0.2, 0.25) is 0 Å². The SMILES string of the molecule is O=C(c1ccc(N2C(=O)CCC2=O)cc1)N1CC(n2c(C3CC3)nc3ccccc32)C1. The molecule has 1 aliphatic carbocycles. The van der Waals surface area contributed by atoms with Gasteiger partial charge in [-0.15, -0.1) is 0 Å². The number of aromatic nitrogens is 2. The number of hydrogen-bond acceptors (Lipinski definition) is 4. The highest BCUT2D eigenvalue weighted by molar-refractivity contribution is 6.19. The fourth-order valence-electron chi connectivity index (χ4n) is 4.66. The van der Waals surface area contributed by atoms with Gasteiger partial charge in [-0.05, 0) is 49.2 Å². The van der Waals surface area contributed by atoms with E-state index in [2.05, 4.69) is 16.7 Å². The fourth-order valence-corrected chi connectivity index (χ4v) is 4.66. The standard InChI is InChI=1S/C24H22N4O3/c29-21-11-12-22(30)28(21)17-9-7-16(8-10-17)24(31)26-13-18(14-26)27-20-4-2-1-3-19(20)25-23(27)15-5-6-15/h1-4,7-10,15,18H,5-6,11-14H2. The van der Waals surface area contributed by atoms with Crippen molar-refractivity contribution in [3.05, 3.63) is 59.9 Å². The summed E-state index contributed by atoms with van der Waals surface area (Å²) in [6.07, 6.45) is 2.88. The lowest BCUT2D eigenvalue weighted by Crippen LogP contribution is -2.51. The lowest BCUT2D eigenvalue weighted by atomic mass is 10.0. The molecule has 0 spiro atoms. The van der Waals surface area contributed by atoms with Crippen LogP contribution >= 0.6 is 0 Å². The quantitative estimate of drug-likeness (QED) is 0.614. The van der Waals surface area contributed by atoms with Crippen molar-refractivity contribution in [3.63, 3.8) is 0 Å². The third kappa shape index (κ3) is 2.95. The molecular weight excluding hydrogens is 392 g/mol. The molecule has 0 atom stereocenters. The third-order valence-electron chi connectivity index (χ3n) is 6.50. The van der Waals surface area contributed by atoms with Crippen LogP contribution in [0.4, 0.5) is 5.69 Å². The van der Waals surface area contributed by atoms with Crippen molar-refractivity contribution < 1.29 is 14.4 Å². The number of rotatable bonds is 4. The zero-order valence-corrected chi connectivity index (χ0v) is 17.0. The van der Waals surface area contributed by atoms with E-state index < -0.39 is 0 Å². The van der Waals surface area contributed by atoms with E-state index in [9.17, 15) is 14.4 Å². The van der Waals surface area contributed by atoms with Crippen LogP contribution in [0.15, 0.2) is 48.5 Å². The molecule has 2 saturated heterocycles. The van der Waals surface area contributed by atoms with Gasteiger partial charge in [-0.25, -0.2) is 4.98 Å². The van der Waals surface area contributed by atoms with Crippen molar-refractivity contribution in [1.82, 2.24) is 14.5 Å². The normalized spacial score (nSPS) is 19.4. The summed E-state index contributed by atoms with van der Waals surface area (Å²) in [7, 11) is 0. The molecule has 31 heavy (non-hydrogen) atoms. The Morgan fingerprint density at radius 3 is 2.26 bits per heavy atom. The van der Waals surface area contributed by atoms with Crippen molar-refractivity contribution in [2.45, 2.75) is 37.6 Å². The molecule has 7 heteroatoms. The summed E-state index contributed by atoms with van der Waals surface area (Å²) in [5.41, 5.74) is 3.27. The van der Waals surface area contributed by atoms with E-state index in [0.29, 0.717) is 30.3 Å². The van der Waals surface area contributed by atoms with Crippen LogP contribution in [0, 0.1) is 0 Å². The summed E-state index contributed by atoms with van der Waals surface area (Å²) in [5.74, 6) is 1.30. The minimum absolute atomic E-state index is 0.0285. The second kappa shape index (κ2) is 6.77. The summed E-state index contributed by atoms with van der Waals surface area (Å²) >= 11 is 0. The molecule has 3 fully saturated rings.